The quantitative estimate of drug-likeness (QED) is 0.913. The van der Waals surface area contributed by atoms with E-state index in [9.17, 15) is 14.3 Å². The molecule has 1 atom stereocenters. The van der Waals surface area contributed by atoms with E-state index in [0.29, 0.717) is 23.4 Å². The lowest BCUT2D eigenvalue weighted by Crippen LogP contribution is -2.27. The third kappa shape index (κ3) is 2.60. The van der Waals surface area contributed by atoms with Crippen molar-refractivity contribution >= 4 is 11.8 Å². The fourth-order valence-electron chi connectivity index (χ4n) is 2.40. The van der Waals surface area contributed by atoms with Gasteiger partial charge in [-0.1, -0.05) is 12.1 Å². The van der Waals surface area contributed by atoms with Gasteiger partial charge < -0.3 is 15.6 Å². The van der Waals surface area contributed by atoms with E-state index >= 15 is 0 Å². The van der Waals surface area contributed by atoms with Crippen LogP contribution in [0.3, 0.4) is 0 Å². The number of carbonyl (C=O) groups is 1. The van der Waals surface area contributed by atoms with Gasteiger partial charge in [0.05, 0.1) is 12.2 Å². The molecule has 0 radical (unpaired) electrons. The monoisotopic (exact) mass is 302 g/mol. The first-order valence-electron chi connectivity index (χ1n) is 6.85. The zero-order valence-corrected chi connectivity index (χ0v) is 11.7. The summed E-state index contributed by atoms with van der Waals surface area (Å²) in [5.74, 6) is -0.333. The van der Waals surface area contributed by atoms with Gasteiger partial charge in [-0.3, -0.25) is 4.90 Å². The van der Waals surface area contributed by atoms with Crippen molar-refractivity contribution in [1.82, 2.24) is 0 Å². The summed E-state index contributed by atoms with van der Waals surface area (Å²) in [5, 5.41) is 9.28. The molecule has 0 aliphatic carbocycles. The van der Waals surface area contributed by atoms with E-state index < -0.39 is 11.9 Å². The summed E-state index contributed by atoms with van der Waals surface area (Å²) in [6.07, 6.45) is -0.889. The summed E-state index contributed by atoms with van der Waals surface area (Å²) in [5.41, 5.74) is 6.95. The maximum absolute atomic E-state index is 14.3. The molecule has 2 aromatic carbocycles. The molecule has 1 amide bonds. The highest BCUT2D eigenvalue weighted by atomic mass is 19.1. The van der Waals surface area contributed by atoms with Crippen LogP contribution in [-0.4, -0.2) is 30.4 Å². The molecular formula is C16H15FN2O3. The number of benzene rings is 2. The van der Waals surface area contributed by atoms with Crippen LogP contribution in [0.1, 0.15) is 0 Å². The first-order chi connectivity index (χ1) is 10.6. The van der Waals surface area contributed by atoms with Gasteiger partial charge in [0.15, 0.2) is 0 Å². The topological polar surface area (TPSA) is 75.8 Å². The van der Waals surface area contributed by atoms with Crippen molar-refractivity contribution in [2.45, 2.75) is 6.10 Å². The highest BCUT2D eigenvalue weighted by Gasteiger charge is 2.31. The van der Waals surface area contributed by atoms with Crippen LogP contribution in [-0.2, 0) is 4.74 Å². The largest absolute Gasteiger partial charge is 0.508 e. The second kappa shape index (κ2) is 5.65. The highest BCUT2D eigenvalue weighted by Crippen LogP contribution is 2.29. The molecule has 1 fully saturated rings. The number of rotatable bonds is 3. The number of amides is 1. The number of cyclic esters (lactones) is 1. The average Bonchev–Trinajstić information content (AvgIpc) is 2.89. The summed E-state index contributed by atoms with van der Waals surface area (Å²) >= 11 is 0. The molecule has 3 N–H and O–H groups in total. The predicted octanol–water partition coefficient (Wildman–Crippen LogP) is 2.48. The number of phenolic OH excluding ortho intramolecular Hbond substituents is 1. The van der Waals surface area contributed by atoms with Crippen molar-refractivity contribution in [1.29, 1.82) is 0 Å². The fraction of sp³-hybridized carbons (Fsp3) is 0.188. The van der Waals surface area contributed by atoms with Gasteiger partial charge in [0.25, 0.3) is 0 Å². The van der Waals surface area contributed by atoms with E-state index in [1.807, 2.05) is 0 Å². The second-order valence-corrected chi connectivity index (χ2v) is 5.06. The summed E-state index contributed by atoms with van der Waals surface area (Å²) < 4.78 is 19.4. The number of hydrogen-bond donors (Lipinski definition) is 2. The molecule has 6 heteroatoms. The van der Waals surface area contributed by atoms with Gasteiger partial charge in [-0.2, -0.15) is 0 Å². The van der Waals surface area contributed by atoms with Crippen LogP contribution in [0.2, 0.25) is 0 Å². The van der Waals surface area contributed by atoms with Crippen molar-refractivity contribution < 1.29 is 19.0 Å². The van der Waals surface area contributed by atoms with Crippen LogP contribution in [0.5, 0.6) is 5.75 Å². The van der Waals surface area contributed by atoms with Gasteiger partial charge in [-0.05, 0) is 35.9 Å². The van der Waals surface area contributed by atoms with Crippen LogP contribution >= 0.6 is 0 Å². The van der Waals surface area contributed by atoms with Gasteiger partial charge in [0.2, 0.25) is 0 Å². The summed E-state index contributed by atoms with van der Waals surface area (Å²) in [6, 6.07) is 10.8. The number of phenols is 1. The van der Waals surface area contributed by atoms with Gasteiger partial charge in [0.1, 0.15) is 17.7 Å². The second-order valence-electron chi connectivity index (χ2n) is 5.06. The van der Waals surface area contributed by atoms with Crippen LogP contribution in [0, 0.1) is 5.82 Å². The molecule has 114 valence electrons. The number of anilines is 1. The first kappa shape index (κ1) is 14.3. The van der Waals surface area contributed by atoms with Crippen molar-refractivity contribution in [3.8, 4) is 16.9 Å². The zero-order chi connectivity index (χ0) is 15.7. The lowest BCUT2D eigenvalue weighted by atomic mass is 10.0. The minimum atomic E-state index is -0.521. The Bertz CT molecular complexity index is 703. The number of carbonyl (C=O) groups excluding carboxylic acids is 1. The molecule has 1 saturated heterocycles. The lowest BCUT2D eigenvalue weighted by Gasteiger charge is -2.14. The molecule has 3 rings (SSSR count). The maximum atomic E-state index is 14.3. The first-order valence-corrected chi connectivity index (χ1v) is 6.85. The zero-order valence-electron chi connectivity index (χ0n) is 11.7. The molecule has 2 aromatic rings. The van der Waals surface area contributed by atoms with E-state index in [0.717, 1.165) is 0 Å². The third-order valence-corrected chi connectivity index (χ3v) is 3.58. The van der Waals surface area contributed by atoms with E-state index in [-0.39, 0.29) is 18.4 Å². The Morgan fingerprint density at radius 3 is 2.59 bits per heavy atom. The molecule has 22 heavy (non-hydrogen) atoms. The summed E-state index contributed by atoms with van der Waals surface area (Å²) in [4.78, 5) is 13.1. The van der Waals surface area contributed by atoms with E-state index in [1.165, 1.54) is 23.1 Å². The van der Waals surface area contributed by atoms with E-state index in [1.54, 1.807) is 24.3 Å². The maximum Gasteiger partial charge on any atom is 0.414 e. The predicted molar refractivity (Wildman–Crippen MR) is 80.2 cm³/mol. The minimum absolute atomic E-state index is 0.119. The number of nitrogens with two attached hydrogens (primary N) is 1. The van der Waals surface area contributed by atoms with E-state index in [2.05, 4.69) is 0 Å². The van der Waals surface area contributed by atoms with Crippen LogP contribution in [0.25, 0.3) is 11.1 Å². The highest BCUT2D eigenvalue weighted by molar-refractivity contribution is 5.90. The molecule has 0 spiro atoms. The molecule has 0 bridgehead atoms. The van der Waals surface area contributed by atoms with Gasteiger partial charge >= 0.3 is 6.09 Å². The number of nitrogens with zero attached hydrogens (tertiary/aromatic N) is 1. The molecule has 1 heterocycles. The Labute approximate surface area is 126 Å². The van der Waals surface area contributed by atoms with Crippen LogP contribution in [0.15, 0.2) is 42.5 Å². The van der Waals surface area contributed by atoms with Gasteiger partial charge in [-0.25, -0.2) is 9.18 Å². The molecule has 1 aliphatic rings. The smallest absolute Gasteiger partial charge is 0.414 e. The molecule has 0 saturated carbocycles. The van der Waals surface area contributed by atoms with Crippen molar-refractivity contribution in [2.24, 2.45) is 5.73 Å². The SMILES string of the molecule is NCC1CN(c2ccc(-c3ccc(O)cc3)c(F)c2)C(=O)O1. The molecule has 0 aromatic heterocycles. The minimum Gasteiger partial charge on any atom is -0.508 e. The molecule has 1 aliphatic heterocycles. The average molecular weight is 302 g/mol. The molecule has 1 unspecified atom stereocenters. The Kier molecular flexibility index (Phi) is 3.68. The third-order valence-electron chi connectivity index (χ3n) is 3.58. The Hall–Kier alpha value is -2.60. The summed E-state index contributed by atoms with van der Waals surface area (Å²) in [6.45, 7) is 0.545. The Balaban J connectivity index is 1.89. The van der Waals surface area contributed by atoms with Crippen LogP contribution in [0.4, 0.5) is 14.9 Å². The van der Waals surface area contributed by atoms with Gasteiger partial charge in [0, 0.05) is 12.1 Å². The van der Waals surface area contributed by atoms with Crippen molar-refractivity contribution in [3.63, 3.8) is 0 Å². The lowest BCUT2D eigenvalue weighted by molar-refractivity contribution is 0.145. The van der Waals surface area contributed by atoms with Crippen molar-refractivity contribution in [2.75, 3.05) is 18.0 Å². The Morgan fingerprint density at radius 1 is 1.27 bits per heavy atom. The number of hydrogen-bond acceptors (Lipinski definition) is 4. The number of ether oxygens (including phenoxy) is 1. The number of aromatic hydroxyl groups is 1. The molecular weight excluding hydrogens is 287 g/mol. The van der Waals surface area contributed by atoms with Crippen LogP contribution < -0.4 is 10.6 Å². The van der Waals surface area contributed by atoms with E-state index in [4.69, 9.17) is 10.5 Å². The normalized spacial score (nSPS) is 17.6. The summed E-state index contributed by atoms with van der Waals surface area (Å²) in [7, 11) is 0. The standard InChI is InChI=1S/C16H15FN2O3/c17-15-7-11(19-9-13(8-18)22-16(19)21)3-6-14(15)10-1-4-12(20)5-2-10/h1-7,13,20H,8-9,18H2. The fourth-order valence-corrected chi connectivity index (χ4v) is 2.40. The Morgan fingerprint density at radius 2 is 2.00 bits per heavy atom. The molecule has 5 nitrogen and oxygen atoms in total. The van der Waals surface area contributed by atoms with Gasteiger partial charge in [-0.15, -0.1) is 0 Å². The number of halogens is 1. The van der Waals surface area contributed by atoms with Crippen molar-refractivity contribution in [3.05, 3.63) is 48.3 Å².